The summed E-state index contributed by atoms with van der Waals surface area (Å²) in [6.45, 7) is 6.83. The van der Waals surface area contributed by atoms with Crippen molar-refractivity contribution < 1.29 is 9.53 Å². The first kappa shape index (κ1) is 14.4. The van der Waals surface area contributed by atoms with Crippen LogP contribution in [0.3, 0.4) is 0 Å². The van der Waals surface area contributed by atoms with Crippen molar-refractivity contribution in [3.63, 3.8) is 0 Å². The lowest BCUT2D eigenvalue weighted by Gasteiger charge is -2.38. The smallest absolute Gasteiger partial charge is 0.251 e. The van der Waals surface area contributed by atoms with Crippen molar-refractivity contribution in [2.45, 2.75) is 32.7 Å². The van der Waals surface area contributed by atoms with E-state index in [9.17, 15) is 4.79 Å². The number of hydrogen-bond acceptors (Lipinski definition) is 4. The molecule has 0 aromatic heterocycles. The van der Waals surface area contributed by atoms with Crippen molar-refractivity contribution in [2.24, 2.45) is 17.7 Å². The van der Waals surface area contributed by atoms with E-state index in [1.807, 2.05) is 0 Å². The van der Waals surface area contributed by atoms with Gasteiger partial charge in [0, 0.05) is 13.7 Å². The number of nitrogens with two attached hydrogens (primary N) is 1. The zero-order chi connectivity index (χ0) is 12.8. The van der Waals surface area contributed by atoms with Crippen LogP contribution in [0.4, 0.5) is 0 Å². The lowest BCUT2D eigenvalue weighted by atomic mass is 9.93. The molecule has 1 aliphatic heterocycles. The SMILES string of the molecule is COCC1CCN(C(C(=O)NN)C(C)C)CC1. The van der Waals surface area contributed by atoms with Gasteiger partial charge < -0.3 is 4.74 Å². The second-order valence-corrected chi connectivity index (χ2v) is 5.13. The number of methoxy groups -OCH3 is 1. The summed E-state index contributed by atoms with van der Waals surface area (Å²) in [6, 6.07) is -0.108. The minimum Gasteiger partial charge on any atom is -0.384 e. The molecule has 1 fully saturated rings. The fourth-order valence-corrected chi connectivity index (χ4v) is 2.61. The average molecular weight is 243 g/mol. The van der Waals surface area contributed by atoms with E-state index in [4.69, 9.17) is 10.6 Å². The minimum absolute atomic E-state index is 0.0785. The molecule has 1 heterocycles. The van der Waals surface area contributed by atoms with Crippen LogP contribution in [0.25, 0.3) is 0 Å². The lowest BCUT2D eigenvalue weighted by Crippen LogP contribution is -2.54. The summed E-state index contributed by atoms with van der Waals surface area (Å²) in [5.74, 6) is 6.07. The second kappa shape index (κ2) is 6.93. The quantitative estimate of drug-likeness (QED) is 0.415. The number of nitrogens with one attached hydrogen (secondary N) is 1. The highest BCUT2D eigenvalue weighted by Gasteiger charge is 2.31. The number of ether oxygens (including phenoxy) is 1. The van der Waals surface area contributed by atoms with Gasteiger partial charge in [-0.05, 0) is 37.8 Å². The van der Waals surface area contributed by atoms with Gasteiger partial charge in [0.05, 0.1) is 6.04 Å². The van der Waals surface area contributed by atoms with Crippen LogP contribution in [0, 0.1) is 11.8 Å². The summed E-state index contributed by atoms with van der Waals surface area (Å²) >= 11 is 0. The van der Waals surface area contributed by atoms with E-state index >= 15 is 0 Å². The Morgan fingerprint density at radius 1 is 1.47 bits per heavy atom. The fourth-order valence-electron chi connectivity index (χ4n) is 2.61. The molecule has 5 heteroatoms. The molecule has 1 rings (SSSR count). The van der Waals surface area contributed by atoms with Crippen molar-refractivity contribution >= 4 is 5.91 Å². The van der Waals surface area contributed by atoms with E-state index in [-0.39, 0.29) is 17.9 Å². The van der Waals surface area contributed by atoms with E-state index < -0.39 is 0 Å². The van der Waals surface area contributed by atoms with Crippen LogP contribution in [0.1, 0.15) is 26.7 Å². The van der Waals surface area contributed by atoms with Crippen LogP contribution >= 0.6 is 0 Å². The first-order valence-electron chi connectivity index (χ1n) is 6.33. The summed E-state index contributed by atoms with van der Waals surface area (Å²) in [5.41, 5.74) is 2.27. The highest BCUT2D eigenvalue weighted by Crippen LogP contribution is 2.22. The van der Waals surface area contributed by atoms with Crippen molar-refractivity contribution in [3.05, 3.63) is 0 Å². The zero-order valence-electron chi connectivity index (χ0n) is 11.1. The van der Waals surface area contributed by atoms with Gasteiger partial charge in [-0.2, -0.15) is 0 Å². The van der Waals surface area contributed by atoms with Crippen LogP contribution in [-0.4, -0.2) is 43.7 Å². The maximum atomic E-state index is 11.8. The maximum absolute atomic E-state index is 11.8. The molecule has 17 heavy (non-hydrogen) atoms. The molecular formula is C12H25N3O2. The van der Waals surface area contributed by atoms with Gasteiger partial charge in [-0.15, -0.1) is 0 Å². The molecule has 0 spiro atoms. The Hall–Kier alpha value is -0.650. The Morgan fingerprint density at radius 3 is 2.47 bits per heavy atom. The topological polar surface area (TPSA) is 67.6 Å². The van der Waals surface area contributed by atoms with E-state index in [2.05, 4.69) is 24.2 Å². The van der Waals surface area contributed by atoms with Gasteiger partial charge in [-0.3, -0.25) is 15.1 Å². The average Bonchev–Trinajstić information content (AvgIpc) is 2.31. The highest BCUT2D eigenvalue weighted by atomic mass is 16.5. The number of hydrogen-bond donors (Lipinski definition) is 2. The Morgan fingerprint density at radius 2 is 2.06 bits per heavy atom. The third-order valence-corrected chi connectivity index (χ3v) is 3.49. The predicted molar refractivity (Wildman–Crippen MR) is 67.1 cm³/mol. The Labute approximate surface area is 104 Å². The van der Waals surface area contributed by atoms with Gasteiger partial charge in [-0.1, -0.05) is 13.8 Å². The summed E-state index contributed by atoms with van der Waals surface area (Å²) in [5, 5.41) is 0. The molecule has 0 bridgehead atoms. The van der Waals surface area contributed by atoms with Crippen LogP contribution in [0.2, 0.25) is 0 Å². The normalized spacial score (nSPS) is 20.5. The summed E-state index contributed by atoms with van der Waals surface area (Å²) in [7, 11) is 1.74. The van der Waals surface area contributed by atoms with Crippen molar-refractivity contribution in [1.29, 1.82) is 0 Å². The molecular weight excluding hydrogens is 218 g/mol. The molecule has 0 aliphatic carbocycles. The molecule has 1 aliphatic rings. The number of rotatable bonds is 5. The van der Waals surface area contributed by atoms with Gasteiger partial charge in [0.15, 0.2) is 0 Å². The minimum atomic E-state index is -0.108. The maximum Gasteiger partial charge on any atom is 0.251 e. The third kappa shape index (κ3) is 3.94. The first-order valence-corrected chi connectivity index (χ1v) is 6.33. The number of piperidine rings is 1. The van der Waals surface area contributed by atoms with E-state index in [1.54, 1.807) is 7.11 Å². The third-order valence-electron chi connectivity index (χ3n) is 3.49. The van der Waals surface area contributed by atoms with Crippen LogP contribution in [0.15, 0.2) is 0 Å². The van der Waals surface area contributed by atoms with Crippen molar-refractivity contribution in [2.75, 3.05) is 26.8 Å². The van der Waals surface area contributed by atoms with Crippen LogP contribution in [0.5, 0.6) is 0 Å². The van der Waals surface area contributed by atoms with Crippen molar-refractivity contribution in [3.8, 4) is 0 Å². The number of hydrazine groups is 1. The number of amides is 1. The Balaban J connectivity index is 2.52. The molecule has 1 saturated heterocycles. The Kier molecular flexibility index (Phi) is 5.88. The molecule has 100 valence electrons. The summed E-state index contributed by atoms with van der Waals surface area (Å²) in [6.07, 6.45) is 2.18. The largest absolute Gasteiger partial charge is 0.384 e. The first-order chi connectivity index (χ1) is 8.10. The van der Waals surface area contributed by atoms with Crippen LogP contribution < -0.4 is 11.3 Å². The van der Waals surface area contributed by atoms with Gasteiger partial charge >= 0.3 is 0 Å². The van der Waals surface area contributed by atoms with Crippen LogP contribution in [-0.2, 0) is 9.53 Å². The molecule has 1 amide bonds. The molecule has 5 nitrogen and oxygen atoms in total. The number of nitrogens with zero attached hydrogens (tertiary/aromatic N) is 1. The van der Waals surface area contributed by atoms with E-state index in [0.29, 0.717) is 5.92 Å². The molecule has 0 radical (unpaired) electrons. The Bertz CT molecular complexity index is 238. The standard InChI is InChI=1S/C12H25N3O2/c1-9(2)11(12(16)14-13)15-6-4-10(5-7-15)8-17-3/h9-11H,4-8,13H2,1-3H3,(H,14,16). The molecule has 0 aromatic rings. The monoisotopic (exact) mass is 243 g/mol. The number of carbonyl (C=O) groups is 1. The molecule has 3 N–H and O–H groups in total. The fraction of sp³-hybridized carbons (Fsp3) is 0.917. The molecule has 1 atom stereocenters. The molecule has 0 aromatic carbocycles. The number of likely N-dealkylation sites (tertiary alicyclic amines) is 1. The number of carbonyl (C=O) groups excluding carboxylic acids is 1. The predicted octanol–water partition coefficient (Wildman–Crippen LogP) is 0.359. The van der Waals surface area contributed by atoms with Gasteiger partial charge in [0.25, 0.3) is 5.91 Å². The van der Waals surface area contributed by atoms with Crippen molar-refractivity contribution in [1.82, 2.24) is 10.3 Å². The summed E-state index contributed by atoms with van der Waals surface area (Å²) in [4.78, 5) is 14.0. The van der Waals surface area contributed by atoms with E-state index in [1.165, 1.54) is 0 Å². The van der Waals surface area contributed by atoms with E-state index in [0.717, 1.165) is 32.5 Å². The second-order valence-electron chi connectivity index (χ2n) is 5.13. The highest BCUT2D eigenvalue weighted by molar-refractivity contribution is 5.81. The van der Waals surface area contributed by atoms with Gasteiger partial charge in [0.2, 0.25) is 0 Å². The molecule has 0 saturated carbocycles. The summed E-state index contributed by atoms with van der Waals surface area (Å²) < 4.78 is 5.18. The zero-order valence-corrected chi connectivity index (χ0v) is 11.1. The lowest BCUT2D eigenvalue weighted by molar-refractivity contribution is -0.128. The molecule has 1 unspecified atom stereocenters. The van der Waals surface area contributed by atoms with Gasteiger partial charge in [0.1, 0.15) is 0 Å². The van der Waals surface area contributed by atoms with Gasteiger partial charge in [-0.25, -0.2) is 5.84 Å².